The highest BCUT2D eigenvalue weighted by Crippen LogP contribution is 2.40. The van der Waals surface area contributed by atoms with Crippen LogP contribution in [-0.4, -0.2) is 60.3 Å². The monoisotopic (exact) mass is 355 g/mol. The zero-order valence-electron chi connectivity index (χ0n) is 14.4. The fourth-order valence-electron chi connectivity index (χ4n) is 3.33. The van der Waals surface area contributed by atoms with Gasteiger partial charge in [-0.2, -0.15) is 0 Å². The number of amides is 1. The number of anilines is 1. The molecule has 2 aliphatic rings. The summed E-state index contributed by atoms with van der Waals surface area (Å²) in [5.74, 6) is -0.127. The zero-order valence-corrected chi connectivity index (χ0v) is 14.4. The highest BCUT2D eigenvalue weighted by atomic mass is 16.7. The third kappa shape index (κ3) is 4.42. The Morgan fingerprint density at radius 1 is 1.40 bits per heavy atom. The van der Waals surface area contributed by atoms with Gasteiger partial charge in [-0.1, -0.05) is 0 Å². The third-order valence-electron chi connectivity index (χ3n) is 4.58. The molecule has 9 nitrogen and oxygen atoms in total. The Morgan fingerprint density at radius 2 is 2.12 bits per heavy atom. The lowest BCUT2D eigenvalue weighted by Gasteiger charge is -2.35. The van der Waals surface area contributed by atoms with Gasteiger partial charge in [0.25, 0.3) is 5.88 Å². The van der Waals surface area contributed by atoms with Crippen LogP contribution in [-0.2, 0) is 14.2 Å². The molecule has 0 unspecified atom stereocenters. The van der Waals surface area contributed by atoms with Crippen LogP contribution in [0.4, 0.5) is 10.5 Å². The number of carboxylic acid groups (broad SMARTS) is 1. The van der Waals surface area contributed by atoms with Crippen molar-refractivity contribution >= 4 is 11.8 Å². The number of hydrogen-bond acceptors (Lipinski definition) is 6. The predicted molar refractivity (Wildman–Crippen MR) is 88.0 cm³/mol. The van der Waals surface area contributed by atoms with E-state index in [-0.39, 0.29) is 6.04 Å². The maximum absolute atomic E-state index is 11.0. The molecule has 1 saturated carbocycles. The Labute approximate surface area is 146 Å². The summed E-state index contributed by atoms with van der Waals surface area (Å²) in [5.41, 5.74) is 0.360. The molecule has 2 N–H and O–H groups in total. The first-order valence-electron chi connectivity index (χ1n) is 8.61. The number of rotatable bonds is 7. The zero-order chi connectivity index (χ0) is 17.7. The maximum Gasteiger partial charge on any atom is 0.409 e. The van der Waals surface area contributed by atoms with Gasteiger partial charge < -0.3 is 24.1 Å². The summed E-state index contributed by atoms with van der Waals surface area (Å²) in [6, 6.07) is 0.170. The van der Waals surface area contributed by atoms with Crippen molar-refractivity contribution < 1.29 is 28.8 Å². The Kier molecular flexibility index (Phi) is 5.77. The fourth-order valence-corrected chi connectivity index (χ4v) is 3.33. The smallest absolute Gasteiger partial charge is 0.409 e. The summed E-state index contributed by atoms with van der Waals surface area (Å²) < 4.78 is 23.9. The summed E-state index contributed by atoms with van der Waals surface area (Å²) in [4.78, 5) is 11.0. The van der Waals surface area contributed by atoms with Gasteiger partial charge in [0.15, 0.2) is 5.79 Å². The molecule has 1 aromatic rings. The van der Waals surface area contributed by atoms with Gasteiger partial charge in [-0.3, -0.25) is 10.00 Å². The standard InChI is InChI=1S/C16H25N3O6/c1-22-7-2-8-23-14-13(17-15(20)21)11-19(18-14)12-3-5-16(6-4-12)24-9-10-25-16/h11-12,17H,2-10H2,1H3,(H,20,21). The number of methoxy groups -OCH3 is 1. The molecule has 1 aliphatic heterocycles. The average Bonchev–Trinajstić information content (AvgIpc) is 3.20. The van der Waals surface area contributed by atoms with Crippen molar-refractivity contribution in [2.24, 2.45) is 0 Å². The van der Waals surface area contributed by atoms with E-state index in [0.717, 1.165) is 25.7 Å². The number of nitrogens with zero attached hydrogens (tertiary/aromatic N) is 2. The molecule has 2 fully saturated rings. The molecule has 140 valence electrons. The van der Waals surface area contributed by atoms with Gasteiger partial charge >= 0.3 is 6.09 Å². The van der Waals surface area contributed by atoms with Crippen LogP contribution < -0.4 is 10.1 Å². The largest absolute Gasteiger partial charge is 0.475 e. The van der Waals surface area contributed by atoms with Crippen molar-refractivity contribution in [1.82, 2.24) is 9.78 Å². The van der Waals surface area contributed by atoms with Gasteiger partial charge in [-0.25, -0.2) is 4.79 Å². The van der Waals surface area contributed by atoms with Crippen molar-refractivity contribution in [2.45, 2.75) is 43.9 Å². The molecular formula is C16H25N3O6. The summed E-state index contributed by atoms with van der Waals surface area (Å²) in [7, 11) is 1.62. The van der Waals surface area contributed by atoms with Crippen molar-refractivity contribution in [2.75, 3.05) is 38.9 Å². The molecule has 3 rings (SSSR count). The highest BCUT2D eigenvalue weighted by molar-refractivity contribution is 5.84. The Hall–Kier alpha value is -1.84. The molecule has 1 aromatic heterocycles. The Balaban J connectivity index is 1.64. The molecule has 25 heavy (non-hydrogen) atoms. The summed E-state index contributed by atoms with van der Waals surface area (Å²) in [5, 5.41) is 15.8. The summed E-state index contributed by atoms with van der Waals surface area (Å²) >= 11 is 0. The SMILES string of the molecule is COCCCOc1nn(C2CCC3(CC2)OCCO3)cc1NC(=O)O. The van der Waals surface area contributed by atoms with Crippen molar-refractivity contribution in [1.29, 1.82) is 0 Å². The molecule has 0 atom stereocenters. The minimum Gasteiger partial charge on any atom is -0.475 e. The lowest BCUT2D eigenvalue weighted by Crippen LogP contribution is -2.35. The Morgan fingerprint density at radius 3 is 2.76 bits per heavy atom. The van der Waals surface area contributed by atoms with Crippen LogP contribution in [0, 0.1) is 0 Å². The van der Waals surface area contributed by atoms with Gasteiger partial charge in [-0.15, -0.1) is 5.10 Å². The highest BCUT2D eigenvalue weighted by Gasteiger charge is 2.41. The first-order valence-corrected chi connectivity index (χ1v) is 8.61. The van der Waals surface area contributed by atoms with E-state index in [1.165, 1.54) is 0 Å². The maximum atomic E-state index is 11.0. The van der Waals surface area contributed by atoms with Crippen LogP contribution in [0.5, 0.6) is 5.88 Å². The molecule has 0 aromatic carbocycles. The molecule has 0 bridgehead atoms. The number of aromatic nitrogens is 2. The molecular weight excluding hydrogens is 330 g/mol. The van der Waals surface area contributed by atoms with Crippen molar-refractivity contribution in [3.05, 3.63) is 6.20 Å². The van der Waals surface area contributed by atoms with E-state index in [0.29, 0.717) is 44.4 Å². The number of nitrogens with one attached hydrogen (secondary N) is 1. The number of hydrogen-bond donors (Lipinski definition) is 2. The van der Waals surface area contributed by atoms with Gasteiger partial charge in [0.05, 0.1) is 32.1 Å². The van der Waals surface area contributed by atoms with Crippen LogP contribution in [0.2, 0.25) is 0 Å². The normalized spacial score (nSPS) is 20.0. The second kappa shape index (κ2) is 8.03. The van der Waals surface area contributed by atoms with E-state index in [9.17, 15) is 4.79 Å². The predicted octanol–water partition coefficient (Wildman–Crippen LogP) is 2.25. The molecule has 1 spiro atoms. The second-order valence-corrected chi connectivity index (χ2v) is 6.29. The minimum atomic E-state index is -1.14. The van der Waals surface area contributed by atoms with Crippen LogP contribution in [0.25, 0.3) is 0 Å². The van der Waals surface area contributed by atoms with Crippen molar-refractivity contribution in [3.8, 4) is 5.88 Å². The Bertz CT molecular complexity index is 574. The number of ether oxygens (including phenoxy) is 4. The van der Waals surface area contributed by atoms with Gasteiger partial charge in [-0.05, 0) is 12.8 Å². The molecule has 9 heteroatoms. The molecule has 2 heterocycles. The lowest BCUT2D eigenvalue weighted by molar-refractivity contribution is -0.181. The van der Waals surface area contributed by atoms with Crippen LogP contribution in [0.15, 0.2) is 6.20 Å². The first-order chi connectivity index (χ1) is 12.1. The molecule has 1 saturated heterocycles. The van der Waals surface area contributed by atoms with Gasteiger partial charge in [0, 0.05) is 33.0 Å². The van der Waals surface area contributed by atoms with Crippen molar-refractivity contribution in [3.63, 3.8) is 0 Å². The first kappa shape index (κ1) is 18.0. The topological polar surface area (TPSA) is 104 Å². The number of carbonyl (C=O) groups is 1. The van der Waals surface area contributed by atoms with E-state index in [1.54, 1.807) is 18.0 Å². The quantitative estimate of drug-likeness (QED) is 0.723. The van der Waals surface area contributed by atoms with Gasteiger partial charge in [0.2, 0.25) is 0 Å². The lowest BCUT2D eigenvalue weighted by atomic mass is 9.90. The van der Waals surface area contributed by atoms with Crippen LogP contribution >= 0.6 is 0 Å². The van der Waals surface area contributed by atoms with E-state index < -0.39 is 11.9 Å². The average molecular weight is 355 g/mol. The third-order valence-corrected chi connectivity index (χ3v) is 4.58. The van der Waals surface area contributed by atoms with E-state index in [2.05, 4.69) is 10.4 Å². The van der Waals surface area contributed by atoms with Crippen LogP contribution in [0.1, 0.15) is 38.1 Å². The second-order valence-electron chi connectivity index (χ2n) is 6.29. The van der Waals surface area contributed by atoms with E-state index in [1.807, 2.05) is 0 Å². The summed E-state index contributed by atoms with van der Waals surface area (Å²) in [6.07, 6.45) is 4.59. The van der Waals surface area contributed by atoms with E-state index >= 15 is 0 Å². The molecule has 0 radical (unpaired) electrons. The van der Waals surface area contributed by atoms with Crippen LogP contribution in [0.3, 0.4) is 0 Å². The van der Waals surface area contributed by atoms with E-state index in [4.69, 9.17) is 24.1 Å². The molecule has 1 aliphatic carbocycles. The van der Waals surface area contributed by atoms with Gasteiger partial charge in [0.1, 0.15) is 5.69 Å². The minimum absolute atomic E-state index is 0.170. The fraction of sp³-hybridized carbons (Fsp3) is 0.750. The summed E-state index contributed by atoms with van der Waals surface area (Å²) in [6.45, 7) is 2.29. The molecule has 1 amide bonds.